The molecule has 0 spiro atoms. The second kappa shape index (κ2) is 8.73. The number of nitrogens with one attached hydrogen (secondary N) is 1. The van der Waals surface area contributed by atoms with Crippen LogP contribution in [0.4, 0.5) is 19.1 Å². The van der Waals surface area contributed by atoms with E-state index < -0.39 is 42.2 Å². The summed E-state index contributed by atoms with van der Waals surface area (Å²) in [5, 5.41) is 38.8. The monoisotopic (exact) mass is 431 g/mol. The van der Waals surface area contributed by atoms with Crippen molar-refractivity contribution in [1.29, 1.82) is 0 Å². The topological polar surface area (TPSA) is 160 Å². The molecule has 1 aliphatic heterocycles. The van der Waals surface area contributed by atoms with Gasteiger partial charge in [-0.1, -0.05) is 0 Å². The molecule has 0 bridgehead atoms. The van der Waals surface area contributed by atoms with Crippen molar-refractivity contribution in [2.24, 2.45) is 0 Å². The van der Waals surface area contributed by atoms with Gasteiger partial charge in [0.1, 0.15) is 30.6 Å². The summed E-state index contributed by atoms with van der Waals surface area (Å²) in [5.41, 5.74) is -1.44. The zero-order valence-corrected chi connectivity index (χ0v) is 15.0. The summed E-state index contributed by atoms with van der Waals surface area (Å²) >= 11 is 0. The smallest absolute Gasteiger partial charge is 0.433 e. The Morgan fingerprint density at radius 2 is 2.00 bits per heavy atom. The molecule has 1 aliphatic rings. The number of alkyl halides is 3. The number of aromatic nitrogens is 4. The number of aliphatic hydroxyl groups excluding tert-OH is 2. The molecule has 0 radical (unpaired) electrons. The Labute approximate surface area is 166 Å². The van der Waals surface area contributed by atoms with Gasteiger partial charge in [-0.05, 0) is 12.1 Å². The van der Waals surface area contributed by atoms with E-state index in [1.54, 1.807) is 0 Å². The van der Waals surface area contributed by atoms with Gasteiger partial charge in [-0.15, -0.1) is 10.2 Å². The van der Waals surface area contributed by atoms with Gasteiger partial charge in [-0.3, -0.25) is 0 Å². The van der Waals surface area contributed by atoms with Crippen LogP contribution >= 0.6 is 0 Å². The highest BCUT2D eigenvalue weighted by molar-refractivity contribution is 5.84. The predicted molar refractivity (Wildman–Crippen MR) is 90.7 cm³/mol. The normalized spacial score (nSPS) is 24.3. The lowest BCUT2D eigenvalue weighted by molar-refractivity contribution is -0.150. The number of carboxylic acid groups (broad SMARTS) is 1. The number of aliphatic hydroxyl groups is 2. The fraction of sp³-hybridized carbons (Fsp3) is 0.438. The summed E-state index contributed by atoms with van der Waals surface area (Å²) in [6, 6.07) is 2.16. The van der Waals surface area contributed by atoms with Gasteiger partial charge in [0.2, 0.25) is 11.8 Å². The minimum absolute atomic E-state index is 0.0251. The Bertz CT molecular complexity index is 884. The number of ether oxygens (including phenoxy) is 2. The first kappa shape index (κ1) is 21.6. The Morgan fingerprint density at radius 3 is 2.63 bits per heavy atom. The van der Waals surface area contributed by atoms with Crippen molar-refractivity contribution in [3.63, 3.8) is 0 Å². The largest absolute Gasteiger partial charge is 0.476 e. The molecule has 0 aromatic carbocycles. The lowest BCUT2D eigenvalue weighted by atomic mass is 9.98. The minimum Gasteiger partial charge on any atom is -0.476 e. The molecule has 14 heteroatoms. The van der Waals surface area contributed by atoms with E-state index in [1.165, 1.54) is 12.1 Å². The van der Waals surface area contributed by atoms with Gasteiger partial charge in [-0.25, -0.2) is 14.8 Å². The zero-order chi connectivity index (χ0) is 21.9. The molecule has 3 rings (SSSR count). The van der Waals surface area contributed by atoms with Crippen LogP contribution in [0.25, 0.3) is 0 Å². The second-order valence-corrected chi connectivity index (χ2v) is 6.24. The van der Waals surface area contributed by atoms with E-state index in [9.17, 15) is 28.2 Å². The number of halogens is 3. The van der Waals surface area contributed by atoms with Crippen LogP contribution in [-0.4, -0.2) is 79.0 Å². The number of carboxylic acids is 1. The molecule has 0 aliphatic carbocycles. The quantitative estimate of drug-likeness (QED) is 0.486. The van der Waals surface area contributed by atoms with Crippen molar-refractivity contribution in [2.45, 2.75) is 30.5 Å². The summed E-state index contributed by atoms with van der Waals surface area (Å²) < 4.78 is 48.9. The second-order valence-electron chi connectivity index (χ2n) is 6.24. The molecular formula is C16H16F3N5O6. The van der Waals surface area contributed by atoms with Crippen LogP contribution in [-0.2, 0) is 10.9 Å². The van der Waals surface area contributed by atoms with Crippen molar-refractivity contribution in [3.8, 4) is 5.88 Å². The minimum atomic E-state index is -4.66. The van der Waals surface area contributed by atoms with Gasteiger partial charge in [0.25, 0.3) is 0 Å². The van der Waals surface area contributed by atoms with Gasteiger partial charge >= 0.3 is 12.1 Å². The SMILES string of the molecule is O=C(O)c1ccc(OC[C@H]2OC[C@H](Nc3nccc(C(F)(F)F)n3)[C@@H](O)[C@H]2O)nn1. The van der Waals surface area contributed by atoms with Crippen LogP contribution in [0.5, 0.6) is 5.88 Å². The van der Waals surface area contributed by atoms with Crippen LogP contribution < -0.4 is 10.1 Å². The molecule has 0 saturated carbocycles. The maximum absolute atomic E-state index is 12.7. The van der Waals surface area contributed by atoms with E-state index in [2.05, 4.69) is 25.5 Å². The highest BCUT2D eigenvalue weighted by Gasteiger charge is 2.39. The Balaban J connectivity index is 1.57. The molecular weight excluding hydrogens is 415 g/mol. The summed E-state index contributed by atoms with van der Waals surface area (Å²) in [5.74, 6) is -1.66. The maximum Gasteiger partial charge on any atom is 0.433 e. The van der Waals surface area contributed by atoms with E-state index in [0.29, 0.717) is 6.07 Å². The van der Waals surface area contributed by atoms with Gasteiger partial charge < -0.3 is 30.1 Å². The number of aromatic carboxylic acids is 1. The van der Waals surface area contributed by atoms with E-state index >= 15 is 0 Å². The van der Waals surface area contributed by atoms with Crippen LogP contribution in [0, 0.1) is 0 Å². The third-order valence-electron chi connectivity index (χ3n) is 4.15. The van der Waals surface area contributed by atoms with E-state index in [0.717, 1.165) is 6.20 Å². The van der Waals surface area contributed by atoms with Crippen LogP contribution in [0.3, 0.4) is 0 Å². The summed E-state index contributed by atoms with van der Waals surface area (Å²) in [4.78, 5) is 17.7. The van der Waals surface area contributed by atoms with Crippen LogP contribution in [0.2, 0.25) is 0 Å². The molecule has 2 aromatic rings. The third-order valence-corrected chi connectivity index (χ3v) is 4.15. The highest BCUT2D eigenvalue weighted by Crippen LogP contribution is 2.28. The molecule has 0 amide bonds. The van der Waals surface area contributed by atoms with Crippen LogP contribution in [0.15, 0.2) is 24.4 Å². The molecule has 2 aromatic heterocycles. The molecule has 1 fully saturated rings. The lowest BCUT2D eigenvalue weighted by Crippen LogP contribution is -2.57. The highest BCUT2D eigenvalue weighted by atomic mass is 19.4. The van der Waals surface area contributed by atoms with Gasteiger partial charge in [0.15, 0.2) is 5.69 Å². The molecule has 3 heterocycles. The van der Waals surface area contributed by atoms with E-state index in [-0.39, 0.29) is 30.7 Å². The van der Waals surface area contributed by atoms with Gasteiger partial charge in [0.05, 0.1) is 12.6 Å². The molecule has 0 unspecified atom stereocenters. The molecule has 4 N–H and O–H groups in total. The van der Waals surface area contributed by atoms with Crippen LogP contribution in [0.1, 0.15) is 16.2 Å². The molecule has 4 atom stereocenters. The number of rotatable bonds is 6. The van der Waals surface area contributed by atoms with Crippen molar-refractivity contribution in [3.05, 3.63) is 35.8 Å². The van der Waals surface area contributed by atoms with Crippen molar-refractivity contribution >= 4 is 11.9 Å². The van der Waals surface area contributed by atoms with Crippen molar-refractivity contribution < 1.29 is 42.8 Å². The third kappa shape index (κ3) is 5.08. The van der Waals surface area contributed by atoms with E-state index in [4.69, 9.17) is 14.6 Å². The Hall–Kier alpha value is -3.10. The fourth-order valence-corrected chi connectivity index (χ4v) is 2.59. The molecule has 11 nitrogen and oxygen atoms in total. The first-order valence-electron chi connectivity index (χ1n) is 8.49. The number of nitrogens with zero attached hydrogens (tertiary/aromatic N) is 4. The molecule has 1 saturated heterocycles. The van der Waals surface area contributed by atoms with Crippen molar-refractivity contribution in [2.75, 3.05) is 18.5 Å². The fourth-order valence-electron chi connectivity index (χ4n) is 2.59. The zero-order valence-electron chi connectivity index (χ0n) is 15.0. The average molecular weight is 431 g/mol. The average Bonchev–Trinajstić information content (AvgIpc) is 2.71. The maximum atomic E-state index is 12.7. The van der Waals surface area contributed by atoms with Gasteiger partial charge in [0, 0.05) is 12.3 Å². The lowest BCUT2D eigenvalue weighted by Gasteiger charge is -2.37. The number of hydrogen-bond acceptors (Lipinski definition) is 10. The number of carbonyl (C=O) groups is 1. The van der Waals surface area contributed by atoms with Gasteiger partial charge in [-0.2, -0.15) is 13.2 Å². The molecule has 162 valence electrons. The predicted octanol–water partition coefficient (Wildman–Crippen LogP) is -0.0363. The summed E-state index contributed by atoms with van der Waals surface area (Å²) in [6.07, 6.45) is -7.60. The number of hydrogen-bond donors (Lipinski definition) is 4. The van der Waals surface area contributed by atoms with E-state index in [1.807, 2.05) is 0 Å². The summed E-state index contributed by atoms with van der Waals surface area (Å²) in [7, 11) is 0. The first-order chi connectivity index (χ1) is 14.1. The van der Waals surface area contributed by atoms with Crippen molar-refractivity contribution in [1.82, 2.24) is 20.2 Å². The Morgan fingerprint density at radius 1 is 1.23 bits per heavy atom. The first-order valence-corrected chi connectivity index (χ1v) is 8.49. The Kier molecular flexibility index (Phi) is 6.28. The summed E-state index contributed by atoms with van der Waals surface area (Å²) in [6.45, 7) is -0.429. The number of anilines is 1. The standard InChI is InChI=1S/C16H16F3N5O6/c17-16(18,19)10-3-4-20-15(22-10)21-8-5-29-9(13(26)12(8)25)6-30-11-2-1-7(14(27)28)23-24-11/h1-4,8-9,12-13,25-26H,5-6H2,(H,27,28)(H,20,21,22)/t8-,9+,12+,13-/m0/s1. The molecule has 30 heavy (non-hydrogen) atoms.